The molecule has 1 rings (SSSR count). The van der Waals surface area contributed by atoms with Crippen LogP contribution in [0.25, 0.3) is 0 Å². The normalized spacial score (nSPS) is 18.9. The highest BCUT2D eigenvalue weighted by Gasteiger charge is 2.21. The van der Waals surface area contributed by atoms with Crippen LogP contribution in [-0.4, -0.2) is 30.3 Å². The Labute approximate surface area is 117 Å². The van der Waals surface area contributed by atoms with Gasteiger partial charge in [0.25, 0.3) is 0 Å². The lowest BCUT2D eigenvalue weighted by Gasteiger charge is -2.27. The van der Waals surface area contributed by atoms with Gasteiger partial charge in [0.15, 0.2) is 0 Å². The molecule has 0 aromatic carbocycles. The van der Waals surface area contributed by atoms with Crippen LogP contribution >= 0.6 is 0 Å². The monoisotopic (exact) mass is 270 g/mol. The Morgan fingerprint density at radius 3 is 2.47 bits per heavy atom. The van der Waals surface area contributed by atoms with Gasteiger partial charge in [-0.1, -0.05) is 33.1 Å². The molecule has 1 saturated carbocycles. The molecule has 0 aliphatic heterocycles. The predicted octanol–water partition coefficient (Wildman–Crippen LogP) is 2.66. The van der Waals surface area contributed by atoms with Gasteiger partial charge in [0, 0.05) is 13.1 Å². The minimum atomic E-state index is -0.331. The first-order valence-electron chi connectivity index (χ1n) is 7.59. The lowest BCUT2D eigenvalue weighted by Crippen LogP contribution is -2.43. The molecule has 1 unspecified atom stereocenters. The number of carbonyl (C=O) groups excluding carboxylic acids is 1. The molecule has 1 atom stereocenters. The summed E-state index contributed by atoms with van der Waals surface area (Å²) in [5, 5.41) is 15.3. The second-order valence-electron chi connectivity index (χ2n) is 6.78. The molecule has 0 aromatic heterocycles. The van der Waals surface area contributed by atoms with E-state index in [2.05, 4.69) is 24.5 Å². The Bertz CT molecular complexity index is 271. The molecule has 0 heterocycles. The molecule has 19 heavy (non-hydrogen) atoms. The summed E-state index contributed by atoms with van der Waals surface area (Å²) in [6, 6.07) is -0.0794. The zero-order valence-electron chi connectivity index (χ0n) is 12.7. The summed E-state index contributed by atoms with van der Waals surface area (Å²) >= 11 is 0. The molecule has 4 nitrogen and oxygen atoms in total. The van der Waals surface area contributed by atoms with E-state index in [1.807, 2.05) is 0 Å². The van der Waals surface area contributed by atoms with Crippen molar-refractivity contribution in [2.24, 2.45) is 11.3 Å². The Kier molecular flexibility index (Phi) is 6.63. The second-order valence-corrected chi connectivity index (χ2v) is 6.78. The Morgan fingerprint density at radius 2 is 1.89 bits per heavy atom. The summed E-state index contributed by atoms with van der Waals surface area (Å²) in [7, 11) is 0. The highest BCUT2D eigenvalue weighted by Crippen LogP contribution is 2.23. The Hall–Kier alpha value is -0.770. The summed E-state index contributed by atoms with van der Waals surface area (Å²) in [6.45, 7) is 7.28. The van der Waals surface area contributed by atoms with Gasteiger partial charge in [-0.15, -0.1) is 0 Å². The number of amides is 2. The van der Waals surface area contributed by atoms with Crippen molar-refractivity contribution < 1.29 is 9.90 Å². The van der Waals surface area contributed by atoms with Crippen LogP contribution in [-0.2, 0) is 0 Å². The van der Waals surface area contributed by atoms with Gasteiger partial charge in [0.05, 0.1) is 6.10 Å². The van der Waals surface area contributed by atoms with E-state index in [-0.39, 0.29) is 17.6 Å². The smallest absolute Gasteiger partial charge is 0.314 e. The molecule has 1 aliphatic carbocycles. The van der Waals surface area contributed by atoms with E-state index in [4.69, 9.17) is 0 Å². The number of aliphatic hydroxyl groups excluding tert-OH is 1. The van der Waals surface area contributed by atoms with Crippen LogP contribution in [0.2, 0.25) is 0 Å². The van der Waals surface area contributed by atoms with Crippen LogP contribution < -0.4 is 10.6 Å². The topological polar surface area (TPSA) is 61.4 Å². The number of hydrogen-bond acceptors (Lipinski definition) is 2. The van der Waals surface area contributed by atoms with Gasteiger partial charge in [0.2, 0.25) is 0 Å². The van der Waals surface area contributed by atoms with Gasteiger partial charge in [-0.3, -0.25) is 0 Å². The van der Waals surface area contributed by atoms with Crippen molar-refractivity contribution in [3.05, 3.63) is 0 Å². The van der Waals surface area contributed by atoms with E-state index in [0.29, 0.717) is 18.9 Å². The lowest BCUT2D eigenvalue weighted by molar-refractivity contribution is 0.128. The molecule has 4 heteroatoms. The highest BCUT2D eigenvalue weighted by atomic mass is 16.3. The van der Waals surface area contributed by atoms with Crippen LogP contribution in [0.4, 0.5) is 4.79 Å². The molecule has 1 aliphatic rings. The number of rotatable bonds is 6. The number of carbonyl (C=O) groups is 1. The summed E-state index contributed by atoms with van der Waals surface area (Å²) < 4.78 is 0. The molecule has 0 bridgehead atoms. The second kappa shape index (κ2) is 7.73. The van der Waals surface area contributed by atoms with Gasteiger partial charge in [-0.2, -0.15) is 0 Å². The number of nitrogens with one attached hydrogen (secondary N) is 2. The molecule has 1 fully saturated rings. The van der Waals surface area contributed by atoms with E-state index in [0.717, 1.165) is 6.54 Å². The SMILES string of the molecule is CC(O)CC(C)(C)CNC(=O)NCC1CCCCC1. The van der Waals surface area contributed by atoms with E-state index < -0.39 is 0 Å². The Balaban J connectivity index is 2.16. The van der Waals surface area contributed by atoms with E-state index >= 15 is 0 Å². The largest absolute Gasteiger partial charge is 0.393 e. The predicted molar refractivity (Wildman–Crippen MR) is 78.1 cm³/mol. The van der Waals surface area contributed by atoms with Crippen LogP contribution in [0.3, 0.4) is 0 Å². The van der Waals surface area contributed by atoms with Gasteiger partial charge in [0.1, 0.15) is 0 Å². The zero-order chi connectivity index (χ0) is 14.3. The quantitative estimate of drug-likeness (QED) is 0.695. The molecule has 0 spiro atoms. The van der Waals surface area contributed by atoms with Crippen molar-refractivity contribution in [1.82, 2.24) is 10.6 Å². The molecule has 0 saturated heterocycles. The van der Waals surface area contributed by atoms with Crippen LogP contribution in [0.5, 0.6) is 0 Å². The summed E-state index contributed by atoms with van der Waals surface area (Å²) in [6.07, 6.45) is 6.79. The molecule has 112 valence electrons. The molecular formula is C15H30N2O2. The first-order valence-corrected chi connectivity index (χ1v) is 7.59. The maximum Gasteiger partial charge on any atom is 0.314 e. The van der Waals surface area contributed by atoms with Crippen LogP contribution in [0.1, 0.15) is 59.3 Å². The molecule has 2 amide bonds. The van der Waals surface area contributed by atoms with Gasteiger partial charge < -0.3 is 15.7 Å². The summed E-state index contributed by atoms with van der Waals surface area (Å²) in [5.74, 6) is 0.657. The molecule has 3 N–H and O–H groups in total. The number of aliphatic hydroxyl groups is 1. The lowest BCUT2D eigenvalue weighted by atomic mass is 9.87. The fraction of sp³-hybridized carbons (Fsp3) is 0.933. The van der Waals surface area contributed by atoms with Crippen molar-refractivity contribution in [2.75, 3.05) is 13.1 Å². The molecule has 0 aromatic rings. The summed E-state index contributed by atoms with van der Waals surface area (Å²) in [4.78, 5) is 11.7. The third-order valence-corrected chi connectivity index (χ3v) is 3.85. The maximum atomic E-state index is 11.7. The maximum absolute atomic E-state index is 11.7. The molecule has 0 radical (unpaired) electrons. The van der Waals surface area contributed by atoms with E-state index in [1.54, 1.807) is 6.92 Å². The third kappa shape index (κ3) is 7.41. The van der Waals surface area contributed by atoms with Crippen molar-refractivity contribution >= 4 is 6.03 Å². The first-order chi connectivity index (χ1) is 8.89. The minimum Gasteiger partial charge on any atom is -0.393 e. The standard InChI is InChI=1S/C15H30N2O2/c1-12(18)9-15(2,3)11-17-14(19)16-10-13-7-5-4-6-8-13/h12-13,18H,4-11H2,1-3H3,(H2,16,17,19). The van der Waals surface area contributed by atoms with Gasteiger partial charge in [-0.05, 0) is 37.5 Å². The van der Waals surface area contributed by atoms with Crippen molar-refractivity contribution in [2.45, 2.75) is 65.4 Å². The Morgan fingerprint density at radius 1 is 1.26 bits per heavy atom. The highest BCUT2D eigenvalue weighted by molar-refractivity contribution is 5.73. The average molecular weight is 270 g/mol. The minimum absolute atomic E-state index is 0.0731. The first kappa shape index (κ1) is 16.3. The average Bonchev–Trinajstić information content (AvgIpc) is 2.34. The third-order valence-electron chi connectivity index (χ3n) is 3.85. The van der Waals surface area contributed by atoms with Crippen molar-refractivity contribution in [1.29, 1.82) is 0 Å². The van der Waals surface area contributed by atoms with Crippen LogP contribution in [0.15, 0.2) is 0 Å². The number of hydrogen-bond donors (Lipinski definition) is 3. The van der Waals surface area contributed by atoms with Gasteiger partial charge in [-0.25, -0.2) is 4.79 Å². The van der Waals surface area contributed by atoms with Crippen molar-refractivity contribution in [3.63, 3.8) is 0 Å². The summed E-state index contributed by atoms with van der Waals surface area (Å²) in [5.41, 5.74) is -0.0731. The van der Waals surface area contributed by atoms with Crippen LogP contribution in [0, 0.1) is 11.3 Å². The zero-order valence-corrected chi connectivity index (χ0v) is 12.7. The molecular weight excluding hydrogens is 240 g/mol. The number of urea groups is 1. The fourth-order valence-electron chi connectivity index (χ4n) is 2.88. The van der Waals surface area contributed by atoms with E-state index in [9.17, 15) is 9.90 Å². The van der Waals surface area contributed by atoms with Crippen molar-refractivity contribution in [3.8, 4) is 0 Å². The van der Waals surface area contributed by atoms with E-state index in [1.165, 1.54) is 32.1 Å². The van der Waals surface area contributed by atoms with Gasteiger partial charge >= 0.3 is 6.03 Å². The fourth-order valence-corrected chi connectivity index (χ4v) is 2.88.